The van der Waals surface area contributed by atoms with Crippen molar-refractivity contribution >= 4 is 12.2 Å². The monoisotopic (exact) mass is 428 g/mol. The van der Waals surface area contributed by atoms with E-state index in [1.807, 2.05) is 24.3 Å². The molecule has 1 heterocycles. The Bertz CT molecular complexity index is 1210. The quantitative estimate of drug-likeness (QED) is 0.369. The van der Waals surface area contributed by atoms with Gasteiger partial charge in [-0.25, -0.2) is 0 Å². The Labute approximate surface area is 193 Å². The summed E-state index contributed by atoms with van der Waals surface area (Å²) < 4.78 is 5.66. The standard InChI is InChI=1S/C30H24N2O/c1-5-13-23(14-6-1)27(24-15-7-2-8-16-24)21-29-30(33-32-31-29)22-28(25-17-9-3-10-18-25)26-19-11-4-12-20-26/h1-22,27-28H. The third-order valence-corrected chi connectivity index (χ3v) is 5.82. The highest BCUT2D eigenvalue weighted by atomic mass is 16.5. The zero-order chi connectivity index (χ0) is 22.3. The molecule has 0 atom stereocenters. The van der Waals surface area contributed by atoms with E-state index in [2.05, 4.69) is 120 Å². The van der Waals surface area contributed by atoms with Crippen molar-refractivity contribution in [1.82, 2.24) is 10.4 Å². The van der Waals surface area contributed by atoms with Gasteiger partial charge in [0.15, 0.2) is 5.42 Å². The SMILES string of the molecule is C(=c1nnoc1=CC(c1ccccc1)c1ccccc1)C(c1ccccc1)c1ccccc1. The first-order valence-corrected chi connectivity index (χ1v) is 11.1. The van der Waals surface area contributed by atoms with Crippen molar-refractivity contribution in [3.63, 3.8) is 0 Å². The number of benzene rings is 4. The number of hydrogen-bond acceptors (Lipinski definition) is 3. The highest BCUT2D eigenvalue weighted by Gasteiger charge is 2.14. The number of nitrogens with zero attached hydrogens (tertiary/aromatic N) is 2. The molecule has 0 amide bonds. The van der Waals surface area contributed by atoms with Crippen LogP contribution in [0.5, 0.6) is 0 Å². The van der Waals surface area contributed by atoms with E-state index in [1.54, 1.807) is 0 Å². The van der Waals surface area contributed by atoms with Crippen LogP contribution < -0.4 is 10.8 Å². The van der Waals surface area contributed by atoms with Crippen LogP contribution in [0.25, 0.3) is 12.2 Å². The molecule has 5 rings (SSSR count). The largest absolute Gasteiger partial charge is 0.337 e. The van der Waals surface area contributed by atoms with E-state index in [9.17, 15) is 0 Å². The zero-order valence-corrected chi connectivity index (χ0v) is 18.2. The van der Waals surface area contributed by atoms with E-state index < -0.39 is 0 Å². The summed E-state index contributed by atoms with van der Waals surface area (Å²) in [5, 5.41) is 9.00. The van der Waals surface area contributed by atoms with Gasteiger partial charge < -0.3 is 4.52 Å². The third kappa shape index (κ3) is 4.83. The first kappa shape index (κ1) is 20.7. The summed E-state index contributed by atoms with van der Waals surface area (Å²) in [6.45, 7) is 0. The number of rotatable bonds is 6. The molecule has 0 unspecified atom stereocenters. The van der Waals surface area contributed by atoms with Gasteiger partial charge in [0, 0.05) is 17.1 Å². The van der Waals surface area contributed by atoms with Gasteiger partial charge in [-0.05, 0) is 34.4 Å². The maximum Gasteiger partial charge on any atom is 0.184 e. The van der Waals surface area contributed by atoms with Gasteiger partial charge in [-0.2, -0.15) is 0 Å². The fourth-order valence-electron chi connectivity index (χ4n) is 4.16. The summed E-state index contributed by atoms with van der Waals surface area (Å²) in [6, 6.07) is 41.7. The Balaban J connectivity index is 1.65. The van der Waals surface area contributed by atoms with E-state index in [-0.39, 0.29) is 11.8 Å². The van der Waals surface area contributed by atoms with Gasteiger partial charge in [-0.15, -0.1) is 5.10 Å². The molecule has 0 spiro atoms. The van der Waals surface area contributed by atoms with Crippen molar-refractivity contribution < 1.29 is 4.52 Å². The van der Waals surface area contributed by atoms with Gasteiger partial charge in [-0.3, -0.25) is 0 Å². The molecule has 0 radical (unpaired) electrons. The van der Waals surface area contributed by atoms with Gasteiger partial charge in [0.25, 0.3) is 0 Å². The molecule has 1 aromatic heterocycles. The maximum absolute atomic E-state index is 5.66. The van der Waals surface area contributed by atoms with E-state index >= 15 is 0 Å². The molecule has 0 bridgehead atoms. The molecule has 5 aromatic rings. The molecule has 3 nitrogen and oxygen atoms in total. The summed E-state index contributed by atoms with van der Waals surface area (Å²) in [4.78, 5) is 0. The lowest BCUT2D eigenvalue weighted by atomic mass is 9.90. The average Bonchev–Trinajstić information content (AvgIpc) is 3.34. The second kappa shape index (κ2) is 9.92. The first-order chi connectivity index (χ1) is 16.4. The highest BCUT2D eigenvalue weighted by molar-refractivity contribution is 5.51. The molecular weight excluding hydrogens is 404 g/mol. The van der Waals surface area contributed by atoms with Gasteiger partial charge >= 0.3 is 0 Å². The van der Waals surface area contributed by atoms with Gasteiger partial charge in [0.05, 0.1) is 0 Å². The van der Waals surface area contributed by atoms with Crippen molar-refractivity contribution in [1.29, 1.82) is 0 Å². The lowest BCUT2D eigenvalue weighted by molar-refractivity contribution is 0.370. The third-order valence-electron chi connectivity index (χ3n) is 5.82. The molecule has 3 heteroatoms. The topological polar surface area (TPSA) is 38.9 Å². The van der Waals surface area contributed by atoms with Crippen molar-refractivity contribution in [3.8, 4) is 0 Å². The lowest BCUT2D eigenvalue weighted by Gasteiger charge is -2.14. The predicted molar refractivity (Wildman–Crippen MR) is 132 cm³/mol. The van der Waals surface area contributed by atoms with E-state index in [1.165, 1.54) is 22.3 Å². The molecule has 0 fully saturated rings. The molecule has 0 aliphatic carbocycles. The van der Waals surface area contributed by atoms with Crippen LogP contribution in [0.3, 0.4) is 0 Å². The van der Waals surface area contributed by atoms with Gasteiger partial charge in [0.1, 0.15) is 5.35 Å². The molecule has 0 aliphatic heterocycles. The highest BCUT2D eigenvalue weighted by Crippen LogP contribution is 2.27. The molecule has 0 saturated carbocycles. The Kier molecular flexibility index (Phi) is 6.21. The van der Waals surface area contributed by atoms with Crippen LogP contribution in [-0.4, -0.2) is 10.4 Å². The van der Waals surface area contributed by atoms with Crippen LogP contribution in [0.15, 0.2) is 126 Å². The molecule has 33 heavy (non-hydrogen) atoms. The van der Waals surface area contributed by atoms with Crippen LogP contribution in [0.2, 0.25) is 0 Å². The Morgan fingerprint density at radius 2 is 0.848 bits per heavy atom. The van der Waals surface area contributed by atoms with E-state index in [0.29, 0.717) is 5.42 Å². The smallest absolute Gasteiger partial charge is 0.184 e. The summed E-state index contributed by atoms with van der Waals surface area (Å²) in [5.41, 5.74) is 5.44. The van der Waals surface area contributed by atoms with Crippen molar-refractivity contribution in [3.05, 3.63) is 154 Å². The second-order valence-corrected chi connectivity index (χ2v) is 7.95. The van der Waals surface area contributed by atoms with E-state index in [0.717, 1.165) is 5.35 Å². The number of hydrogen-bond donors (Lipinski definition) is 0. The van der Waals surface area contributed by atoms with Crippen LogP contribution in [0, 0.1) is 0 Å². The minimum Gasteiger partial charge on any atom is -0.337 e. The summed E-state index contributed by atoms with van der Waals surface area (Å²) >= 11 is 0. The molecule has 160 valence electrons. The average molecular weight is 429 g/mol. The second-order valence-electron chi connectivity index (χ2n) is 7.95. The van der Waals surface area contributed by atoms with Crippen molar-refractivity contribution in [2.75, 3.05) is 0 Å². The fraction of sp³-hybridized carbons (Fsp3) is 0.0667. The Morgan fingerprint density at radius 1 is 0.485 bits per heavy atom. The van der Waals surface area contributed by atoms with Crippen molar-refractivity contribution in [2.45, 2.75) is 11.8 Å². The minimum atomic E-state index is 0.0289. The number of aromatic nitrogens is 2. The van der Waals surface area contributed by atoms with Gasteiger partial charge in [-0.1, -0.05) is 121 Å². The summed E-state index contributed by atoms with van der Waals surface area (Å²) in [7, 11) is 0. The van der Waals surface area contributed by atoms with Gasteiger partial charge in [0.2, 0.25) is 0 Å². The maximum atomic E-state index is 5.66. The molecule has 0 N–H and O–H groups in total. The fourth-order valence-corrected chi connectivity index (χ4v) is 4.16. The van der Waals surface area contributed by atoms with E-state index in [4.69, 9.17) is 4.52 Å². The normalized spacial score (nSPS) is 12.5. The molecule has 0 aliphatic rings. The van der Waals surface area contributed by atoms with Crippen LogP contribution >= 0.6 is 0 Å². The molecular formula is C30H24N2O. The summed E-state index contributed by atoms with van der Waals surface area (Å²) in [6.07, 6.45) is 4.25. The summed E-state index contributed by atoms with van der Waals surface area (Å²) in [5.74, 6) is 0.0690. The van der Waals surface area contributed by atoms with Crippen LogP contribution in [0.1, 0.15) is 34.1 Å². The molecule has 4 aromatic carbocycles. The predicted octanol–water partition coefficient (Wildman–Crippen LogP) is 5.29. The molecule has 0 saturated heterocycles. The van der Waals surface area contributed by atoms with Crippen LogP contribution in [0.4, 0.5) is 0 Å². The zero-order valence-electron chi connectivity index (χ0n) is 18.2. The van der Waals surface area contributed by atoms with Crippen molar-refractivity contribution in [2.24, 2.45) is 0 Å². The minimum absolute atomic E-state index is 0.0289. The first-order valence-electron chi connectivity index (χ1n) is 11.1. The Morgan fingerprint density at radius 3 is 1.24 bits per heavy atom. The van der Waals surface area contributed by atoms with Crippen LogP contribution in [-0.2, 0) is 0 Å². The lowest BCUT2D eigenvalue weighted by Crippen LogP contribution is -2.25. The Hall–Kier alpha value is -4.24.